The van der Waals surface area contributed by atoms with E-state index in [2.05, 4.69) is 48.2 Å². The number of rotatable bonds is 5. The van der Waals surface area contributed by atoms with E-state index in [0.29, 0.717) is 12.1 Å². The van der Waals surface area contributed by atoms with Crippen LogP contribution in [0.5, 0.6) is 0 Å². The van der Waals surface area contributed by atoms with E-state index in [-0.39, 0.29) is 0 Å². The van der Waals surface area contributed by atoms with Gasteiger partial charge in [0, 0.05) is 45.1 Å². The van der Waals surface area contributed by atoms with Crippen molar-refractivity contribution in [3.05, 3.63) is 23.9 Å². The first kappa shape index (κ1) is 14.3. The lowest BCUT2D eigenvalue weighted by atomic mass is 10.1. The highest BCUT2D eigenvalue weighted by molar-refractivity contribution is 5.41. The van der Waals surface area contributed by atoms with E-state index in [0.717, 1.165) is 38.4 Å². The van der Waals surface area contributed by atoms with E-state index in [1.54, 1.807) is 0 Å². The number of nitrogens with one attached hydrogen (secondary N) is 1. The summed E-state index contributed by atoms with van der Waals surface area (Å²) in [6.07, 6.45) is 4.09. The Morgan fingerprint density at radius 3 is 2.84 bits per heavy atom. The third kappa shape index (κ3) is 4.18. The largest absolute Gasteiger partial charge is 0.381 e. The van der Waals surface area contributed by atoms with Crippen molar-refractivity contribution < 1.29 is 4.74 Å². The van der Waals surface area contributed by atoms with Crippen LogP contribution in [0.1, 0.15) is 32.3 Å². The zero-order valence-electron chi connectivity index (χ0n) is 12.2. The average molecular weight is 263 g/mol. The van der Waals surface area contributed by atoms with E-state index in [1.807, 2.05) is 6.20 Å². The molecule has 0 atom stereocenters. The van der Waals surface area contributed by atoms with Crippen LogP contribution in [0.3, 0.4) is 0 Å². The molecule has 1 fully saturated rings. The topological polar surface area (TPSA) is 37.4 Å². The molecule has 0 radical (unpaired) electrons. The molecule has 0 spiro atoms. The van der Waals surface area contributed by atoms with Crippen LogP contribution in [0.2, 0.25) is 0 Å². The molecule has 0 unspecified atom stereocenters. The van der Waals surface area contributed by atoms with Gasteiger partial charge in [-0.05, 0) is 30.5 Å². The zero-order valence-corrected chi connectivity index (χ0v) is 12.2. The monoisotopic (exact) mass is 263 g/mol. The molecule has 0 bridgehead atoms. The van der Waals surface area contributed by atoms with Gasteiger partial charge in [0.05, 0.1) is 0 Å². The summed E-state index contributed by atoms with van der Waals surface area (Å²) < 4.78 is 5.42. The first-order chi connectivity index (χ1) is 9.16. The maximum absolute atomic E-state index is 5.42. The van der Waals surface area contributed by atoms with Crippen LogP contribution in [-0.4, -0.2) is 37.3 Å². The normalized spacial score (nSPS) is 16.8. The molecular weight excluding hydrogens is 238 g/mol. The SMILES string of the molecule is CC(C)NCc1ccnc(N(C)C2CCOCC2)c1. The standard InChI is InChI=1S/C15H25N3O/c1-12(2)17-11-13-4-7-16-15(10-13)18(3)14-5-8-19-9-6-14/h4,7,10,12,14,17H,5-6,8-9,11H2,1-3H3. The summed E-state index contributed by atoms with van der Waals surface area (Å²) in [7, 11) is 2.14. The number of aromatic nitrogens is 1. The van der Waals surface area contributed by atoms with E-state index in [1.165, 1.54) is 5.56 Å². The highest BCUT2D eigenvalue weighted by Gasteiger charge is 2.19. The Hall–Kier alpha value is -1.13. The van der Waals surface area contributed by atoms with Crippen LogP contribution in [-0.2, 0) is 11.3 Å². The highest BCUT2D eigenvalue weighted by atomic mass is 16.5. The van der Waals surface area contributed by atoms with Gasteiger partial charge in [0.2, 0.25) is 0 Å². The third-order valence-electron chi connectivity index (χ3n) is 3.62. The predicted octanol–water partition coefficient (Wildman–Crippen LogP) is 2.19. The summed E-state index contributed by atoms with van der Waals surface area (Å²) in [5, 5.41) is 3.44. The molecule has 2 rings (SSSR count). The van der Waals surface area contributed by atoms with Gasteiger partial charge in [0.1, 0.15) is 5.82 Å². The smallest absolute Gasteiger partial charge is 0.128 e. The van der Waals surface area contributed by atoms with Gasteiger partial charge in [-0.3, -0.25) is 0 Å². The first-order valence-corrected chi connectivity index (χ1v) is 7.15. The van der Waals surface area contributed by atoms with Crippen molar-refractivity contribution in [2.24, 2.45) is 0 Å². The van der Waals surface area contributed by atoms with Crippen LogP contribution >= 0.6 is 0 Å². The lowest BCUT2D eigenvalue weighted by molar-refractivity contribution is 0.0853. The molecule has 1 saturated heterocycles. The van der Waals surface area contributed by atoms with Crippen LogP contribution in [0, 0.1) is 0 Å². The van der Waals surface area contributed by atoms with Gasteiger partial charge in [-0.15, -0.1) is 0 Å². The lowest BCUT2D eigenvalue weighted by Crippen LogP contribution is -2.37. The molecule has 1 aliphatic heterocycles. The molecule has 1 N–H and O–H groups in total. The number of hydrogen-bond donors (Lipinski definition) is 1. The van der Waals surface area contributed by atoms with E-state index < -0.39 is 0 Å². The molecule has 1 aliphatic rings. The predicted molar refractivity (Wildman–Crippen MR) is 78.5 cm³/mol. The lowest BCUT2D eigenvalue weighted by Gasteiger charge is -2.32. The van der Waals surface area contributed by atoms with E-state index >= 15 is 0 Å². The summed E-state index contributed by atoms with van der Waals surface area (Å²) in [6, 6.07) is 5.32. The average Bonchev–Trinajstić information content (AvgIpc) is 2.45. The summed E-state index contributed by atoms with van der Waals surface area (Å²) in [6.45, 7) is 6.95. The highest BCUT2D eigenvalue weighted by Crippen LogP contribution is 2.20. The molecule has 19 heavy (non-hydrogen) atoms. The number of nitrogens with zero attached hydrogens (tertiary/aromatic N) is 2. The van der Waals surface area contributed by atoms with Gasteiger partial charge >= 0.3 is 0 Å². The fourth-order valence-electron chi connectivity index (χ4n) is 2.34. The zero-order chi connectivity index (χ0) is 13.7. The number of anilines is 1. The minimum absolute atomic E-state index is 0.504. The summed E-state index contributed by atoms with van der Waals surface area (Å²) in [5.74, 6) is 1.06. The minimum Gasteiger partial charge on any atom is -0.381 e. The second-order valence-corrected chi connectivity index (χ2v) is 5.51. The van der Waals surface area contributed by atoms with Crippen LogP contribution in [0.25, 0.3) is 0 Å². The third-order valence-corrected chi connectivity index (χ3v) is 3.62. The Morgan fingerprint density at radius 1 is 1.42 bits per heavy atom. The van der Waals surface area contributed by atoms with Gasteiger partial charge < -0.3 is 15.0 Å². The maximum atomic E-state index is 5.42. The first-order valence-electron chi connectivity index (χ1n) is 7.15. The molecule has 0 aliphatic carbocycles. The second kappa shape index (κ2) is 6.87. The number of ether oxygens (including phenoxy) is 1. The Bertz CT molecular complexity index is 389. The van der Waals surface area contributed by atoms with Crippen molar-refractivity contribution >= 4 is 5.82 Å². The molecule has 4 nitrogen and oxygen atoms in total. The number of hydrogen-bond acceptors (Lipinski definition) is 4. The van der Waals surface area contributed by atoms with Crippen molar-refractivity contribution in [3.63, 3.8) is 0 Å². The maximum Gasteiger partial charge on any atom is 0.128 e. The van der Waals surface area contributed by atoms with E-state index in [9.17, 15) is 0 Å². The van der Waals surface area contributed by atoms with Crippen LogP contribution in [0.15, 0.2) is 18.3 Å². The second-order valence-electron chi connectivity index (χ2n) is 5.51. The Balaban J connectivity index is 2.00. The van der Waals surface area contributed by atoms with Crippen molar-refractivity contribution in [3.8, 4) is 0 Å². The molecule has 4 heteroatoms. The molecule has 0 saturated carbocycles. The molecular formula is C15H25N3O. The van der Waals surface area contributed by atoms with Gasteiger partial charge in [-0.2, -0.15) is 0 Å². The number of pyridine rings is 1. The fourth-order valence-corrected chi connectivity index (χ4v) is 2.34. The van der Waals surface area contributed by atoms with Gasteiger partial charge in [-0.1, -0.05) is 13.8 Å². The molecule has 0 amide bonds. The van der Waals surface area contributed by atoms with Crippen molar-refractivity contribution in [1.82, 2.24) is 10.3 Å². The minimum atomic E-state index is 0.504. The quantitative estimate of drug-likeness (QED) is 0.883. The van der Waals surface area contributed by atoms with Crippen molar-refractivity contribution in [1.29, 1.82) is 0 Å². The Morgan fingerprint density at radius 2 is 2.16 bits per heavy atom. The summed E-state index contributed by atoms with van der Waals surface area (Å²) in [4.78, 5) is 6.79. The van der Waals surface area contributed by atoms with Crippen molar-refractivity contribution in [2.45, 2.75) is 45.3 Å². The molecule has 1 aromatic heterocycles. The van der Waals surface area contributed by atoms with Crippen LogP contribution in [0.4, 0.5) is 5.82 Å². The van der Waals surface area contributed by atoms with Crippen molar-refractivity contribution in [2.75, 3.05) is 25.2 Å². The molecule has 1 aromatic rings. The fraction of sp³-hybridized carbons (Fsp3) is 0.667. The van der Waals surface area contributed by atoms with Crippen LogP contribution < -0.4 is 10.2 Å². The molecule has 106 valence electrons. The van der Waals surface area contributed by atoms with Gasteiger partial charge in [-0.25, -0.2) is 4.98 Å². The van der Waals surface area contributed by atoms with Gasteiger partial charge in [0.25, 0.3) is 0 Å². The van der Waals surface area contributed by atoms with Gasteiger partial charge in [0.15, 0.2) is 0 Å². The Labute approximate surface area is 116 Å². The molecule has 2 heterocycles. The Kier molecular flexibility index (Phi) is 5.16. The summed E-state index contributed by atoms with van der Waals surface area (Å²) in [5.41, 5.74) is 1.29. The molecule has 0 aromatic carbocycles. The van der Waals surface area contributed by atoms with E-state index in [4.69, 9.17) is 4.74 Å². The summed E-state index contributed by atoms with van der Waals surface area (Å²) >= 11 is 0.